The van der Waals surface area contributed by atoms with Crippen LogP contribution in [0.4, 0.5) is 0 Å². The second kappa shape index (κ2) is 4.47. The van der Waals surface area contributed by atoms with Crippen LogP contribution in [0.3, 0.4) is 0 Å². The second-order valence-electron chi connectivity index (χ2n) is 6.67. The number of carboxylic acid groups (broad SMARTS) is 1. The molecular formula is C16H19NO3. The number of ether oxygens (including phenoxy) is 1. The van der Waals surface area contributed by atoms with Crippen LogP contribution < -0.4 is 4.74 Å². The fraction of sp³-hybridized carbons (Fsp3) is 0.625. The third-order valence-corrected chi connectivity index (χ3v) is 5.38. The molecule has 1 aromatic heterocycles. The zero-order chi connectivity index (χ0) is 13.7. The van der Waals surface area contributed by atoms with Crippen molar-refractivity contribution < 1.29 is 14.6 Å². The van der Waals surface area contributed by atoms with Crippen LogP contribution in [0, 0.1) is 23.7 Å². The maximum Gasteiger partial charge on any atom is 0.358 e. The molecule has 4 saturated carbocycles. The first-order chi connectivity index (χ1) is 9.70. The molecule has 4 nitrogen and oxygen atoms in total. The third kappa shape index (κ3) is 1.89. The fourth-order valence-corrected chi connectivity index (χ4v) is 4.86. The van der Waals surface area contributed by atoms with E-state index in [9.17, 15) is 9.90 Å². The zero-order valence-corrected chi connectivity index (χ0v) is 11.4. The van der Waals surface area contributed by atoms with Crippen molar-refractivity contribution in [1.82, 2.24) is 4.98 Å². The fourth-order valence-electron chi connectivity index (χ4n) is 4.86. The van der Waals surface area contributed by atoms with E-state index in [0.29, 0.717) is 17.6 Å². The molecule has 0 atom stereocenters. The van der Waals surface area contributed by atoms with Gasteiger partial charge in [-0.05, 0) is 67.9 Å². The van der Waals surface area contributed by atoms with E-state index in [-0.39, 0.29) is 11.8 Å². The molecule has 1 N–H and O–H groups in total. The summed E-state index contributed by atoms with van der Waals surface area (Å²) in [5.41, 5.74) is 0.0429. The molecule has 106 valence electrons. The highest BCUT2D eigenvalue weighted by Gasteiger charge is 2.49. The molecule has 5 rings (SSSR count). The first-order valence-corrected chi connectivity index (χ1v) is 7.55. The van der Waals surface area contributed by atoms with Gasteiger partial charge in [0.1, 0.15) is 6.10 Å². The van der Waals surface area contributed by atoms with Crippen LogP contribution in [0.1, 0.15) is 42.6 Å². The van der Waals surface area contributed by atoms with Gasteiger partial charge in [-0.3, -0.25) is 0 Å². The van der Waals surface area contributed by atoms with Gasteiger partial charge < -0.3 is 9.84 Å². The molecular weight excluding hydrogens is 254 g/mol. The van der Waals surface area contributed by atoms with Gasteiger partial charge in [0.2, 0.25) is 0 Å². The molecule has 4 bridgehead atoms. The van der Waals surface area contributed by atoms with E-state index in [0.717, 1.165) is 11.8 Å². The highest BCUT2D eigenvalue weighted by atomic mass is 16.5. The molecule has 0 unspecified atom stereocenters. The van der Waals surface area contributed by atoms with Gasteiger partial charge >= 0.3 is 5.97 Å². The van der Waals surface area contributed by atoms with Crippen molar-refractivity contribution in [3.8, 4) is 5.75 Å². The van der Waals surface area contributed by atoms with Crippen LogP contribution in [-0.4, -0.2) is 22.2 Å². The Morgan fingerprint density at radius 2 is 1.80 bits per heavy atom. The van der Waals surface area contributed by atoms with Gasteiger partial charge in [-0.2, -0.15) is 0 Å². The smallest absolute Gasteiger partial charge is 0.358 e. The van der Waals surface area contributed by atoms with Crippen molar-refractivity contribution in [3.63, 3.8) is 0 Å². The molecule has 20 heavy (non-hydrogen) atoms. The minimum absolute atomic E-state index is 0.0429. The van der Waals surface area contributed by atoms with E-state index in [1.54, 1.807) is 12.1 Å². The molecule has 0 saturated heterocycles. The molecule has 4 aliphatic carbocycles. The largest absolute Gasteiger partial charge is 0.487 e. The molecule has 0 spiro atoms. The summed E-state index contributed by atoms with van der Waals surface area (Å²) in [5, 5.41) is 9.20. The number of aromatic nitrogens is 1. The second-order valence-corrected chi connectivity index (χ2v) is 6.67. The van der Waals surface area contributed by atoms with Crippen LogP contribution in [0.15, 0.2) is 18.3 Å². The molecule has 4 aliphatic rings. The van der Waals surface area contributed by atoms with Crippen molar-refractivity contribution in [2.75, 3.05) is 0 Å². The Hall–Kier alpha value is -1.58. The molecule has 0 aromatic carbocycles. The Bertz CT molecular complexity index is 514. The number of hydrogen-bond donors (Lipinski definition) is 1. The van der Waals surface area contributed by atoms with Gasteiger partial charge in [0.05, 0.1) is 0 Å². The van der Waals surface area contributed by atoms with Crippen molar-refractivity contribution in [2.45, 2.75) is 38.2 Å². The van der Waals surface area contributed by atoms with Crippen LogP contribution >= 0.6 is 0 Å². The van der Waals surface area contributed by atoms with Gasteiger partial charge in [0, 0.05) is 6.20 Å². The van der Waals surface area contributed by atoms with E-state index in [2.05, 4.69) is 4.98 Å². The summed E-state index contributed by atoms with van der Waals surface area (Å²) >= 11 is 0. The van der Waals surface area contributed by atoms with Crippen LogP contribution in [0.5, 0.6) is 5.75 Å². The van der Waals surface area contributed by atoms with E-state index in [1.807, 2.05) is 0 Å². The van der Waals surface area contributed by atoms with Crippen molar-refractivity contribution in [1.29, 1.82) is 0 Å². The molecule has 0 radical (unpaired) electrons. The van der Waals surface area contributed by atoms with Crippen LogP contribution in [-0.2, 0) is 0 Å². The first kappa shape index (κ1) is 12.2. The van der Waals surface area contributed by atoms with E-state index in [1.165, 1.54) is 38.3 Å². The van der Waals surface area contributed by atoms with Crippen molar-refractivity contribution in [2.24, 2.45) is 23.7 Å². The quantitative estimate of drug-likeness (QED) is 0.919. The van der Waals surface area contributed by atoms with Gasteiger partial charge in [0.25, 0.3) is 0 Å². The summed E-state index contributed by atoms with van der Waals surface area (Å²) in [7, 11) is 0. The van der Waals surface area contributed by atoms with E-state index >= 15 is 0 Å². The SMILES string of the molecule is O=C(O)c1ncccc1OC1C2CC3CC(C2)CC1C3. The molecule has 4 heteroatoms. The van der Waals surface area contributed by atoms with Gasteiger partial charge in [-0.15, -0.1) is 0 Å². The Labute approximate surface area is 118 Å². The summed E-state index contributed by atoms with van der Waals surface area (Å²) in [6.07, 6.45) is 8.17. The predicted molar refractivity (Wildman–Crippen MR) is 72.7 cm³/mol. The van der Waals surface area contributed by atoms with Gasteiger partial charge in [-0.1, -0.05) is 0 Å². The van der Waals surface area contributed by atoms with Gasteiger partial charge in [0.15, 0.2) is 11.4 Å². The van der Waals surface area contributed by atoms with E-state index in [4.69, 9.17) is 4.74 Å². The molecule has 0 amide bonds. The Morgan fingerprint density at radius 1 is 1.15 bits per heavy atom. The summed E-state index contributed by atoms with van der Waals surface area (Å²) in [6, 6.07) is 3.49. The Balaban J connectivity index is 1.59. The maximum atomic E-state index is 11.2. The average Bonchev–Trinajstić information content (AvgIpc) is 2.42. The Kier molecular flexibility index (Phi) is 2.72. The van der Waals surface area contributed by atoms with Crippen LogP contribution in [0.25, 0.3) is 0 Å². The molecule has 1 aromatic rings. The average molecular weight is 273 g/mol. The standard InChI is InChI=1S/C16H19NO3/c18-16(19)14-13(2-1-3-17-14)20-15-11-5-9-4-10(7-11)8-12(15)6-9/h1-3,9-12,15H,4-8H2,(H,18,19). The molecule has 0 aliphatic heterocycles. The number of pyridine rings is 1. The minimum atomic E-state index is -1.01. The normalized spacial score (nSPS) is 37.9. The summed E-state index contributed by atoms with van der Waals surface area (Å²) in [6.45, 7) is 0. The highest BCUT2D eigenvalue weighted by Crippen LogP contribution is 2.54. The highest BCUT2D eigenvalue weighted by molar-refractivity contribution is 5.88. The Morgan fingerprint density at radius 3 is 2.40 bits per heavy atom. The third-order valence-electron chi connectivity index (χ3n) is 5.38. The number of nitrogens with zero attached hydrogens (tertiary/aromatic N) is 1. The topological polar surface area (TPSA) is 59.4 Å². The predicted octanol–water partition coefficient (Wildman–Crippen LogP) is 2.98. The number of carbonyl (C=O) groups is 1. The number of aromatic carboxylic acids is 1. The monoisotopic (exact) mass is 273 g/mol. The van der Waals surface area contributed by atoms with Crippen molar-refractivity contribution in [3.05, 3.63) is 24.0 Å². The lowest BCUT2D eigenvalue weighted by molar-refractivity contribution is -0.0793. The zero-order valence-electron chi connectivity index (χ0n) is 11.4. The lowest BCUT2D eigenvalue weighted by Gasteiger charge is -2.53. The summed E-state index contributed by atoms with van der Waals surface area (Å²) in [4.78, 5) is 15.2. The van der Waals surface area contributed by atoms with Crippen molar-refractivity contribution >= 4 is 5.97 Å². The summed E-state index contributed by atoms with van der Waals surface area (Å²) in [5.74, 6) is 2.46. The maximum absolute atomic E-state index is 11.2. The first-order valence-electron chi connectivity index (χ1n) is 7.55. The van der Waals surface area contributed by atoms with E-state index < -0.39 is 5.97 Å². The molecule has 1 heterocycles. The lowest BCUT2D eigenvalue weighted by Crippen LogP contribution is -2.50. The van der Waals surface area contributed by atoms with Gasteiger partial charge in [-0.25, -0.2) is 9.78 Å². The summed E-state index contributed by atoms with van der Waals surface area (Å²) < 4.78 is 6.14. The lowest BCUT2D eigenvalue weighted by atomic mass is 9.55. The number of rotatable bonds is 3. The number of hydrogen-bond acceptors (Lipinski definition) is 3. The minimum Gasteiger partial charge on any atom is -0.487 e. The van der Waals surface area contributed by atoms with Crippen LogP contribution in [0.2, 0.25) is 0 Å². The number of carboxylic acids is 1. The molecule has 4 fully saturated rings.